The molecule has 0 saturated heterocycles. The molecule has 1 aromatic carbocycles. The van der Waals surface area contributed by atoms with E-state index in [0.717, 1.165) is 38.5 Å². The quantitative estimate of drug-likeness (QED) is 0.893. The van der Waals surface area contributed by atoms with Crippen molar-refractivity contribution in [1.29, 1.82) is 0 Å². The van der Waals surface area contributed by atoms with Gasteiger partial charge in [0.15, 0.2) is 0 Å². The van der Waals surface area contributed by atoms with Crippen LogP contribution >= 0.6 is 0 Å². The molecular weight excluding hydrogens is 292 g/mol. The molecule has 5 heteroatoms. The Bertz CT molecular complexity index is 598. The Morgan fingerprint density at radius 3 is 2.52 bits per heavy atom. The van der Waals surface area contributed by atoms with Gasteiger partial charge in [0.25, 0.3) is 5.91 Å². The summed E-state index contributed by atoms with van der Waals surface area (Å²) in [7, 11) is 1.72. The fourth-order valence-corrected chi connectivity index (χ4v) is 3.21. The Hall–Kier alpha value is -1.88. The number of benzene rings is 1. The van der Waals surface area contributed by atoms with Crippen LogP contribution in [0.2, 0.25) is 0 Å². The van der Waals surface area contributed by atoms with E-state index in [0.29, 0.717) is 11.3 Å². The molecule has 2 N–H and O–H groups in total. The molecule has 3 rings (SSSR count). The van der Waals surface area contributed by atoms with Gasteiger partial charge in [0.05, 0.1) is 23.4 Å². The van der Waals surface area contributed by atoms with Crippen LogP contribution in [0.25, 0.3) is 0 Å². The van der Waals surface area contributed by atoms with Crippen molar-refractivity contribution in [3.63, 3.8) is 0 Å². The van der Waals surface area contributed by atoms with Gasteiger partial charge in [-0.2, -0.15) is 0 Å². The first-order chi connectivity index (χ1) is 11.1. The highest BCUT2D eigenvalue weighted by Crippen LogP contribution is 2.33. The number of aliphatic hydroxyl groups is 1. The molecular formula is C18H24N2O3. The van der Waals surface area contributed by atoms with E-state index in [-0.39, 0.29) is 23.8 Å². The van der Waals surface area contributed by atoms with Gasteiger partial charge in [0.1, 0.15) is 0 Å². The van der Waals surface area contributed by atoms with Crippen molar-refractivity contribution in [2.45, 2.75) is 50.7 Å². The van der Waals surface area contributed by atoms with Crippen molar-refractivity contribution in [2.75, 3.05) is 11.9 Å². The van der Waals surface area contributed by atoms with E-state index in [4.69, 9.17) is 0 Å². The number of hydrogen-bond acceptors (Lipinski definition) is 3. The molecule has 0 heterocycles. The number of carbonyl (C=O) groups is 2. The molecule has 2 fully saturated rings. The molecule has 0 aliphatic heterocycles. The molecule has 2 atom stereocenters. The lowest BCUT2D eigenvalue weighted by atomic mass is 9.92. The van der Waals surface area contributed by atoms with Gasteiger partial charge >= 0.3 is 0 Å². The number of carbonyl (C=O) groups excluding carboxylic acids is 2. The van der Waals surface area contributed by atoms with Crippen LogP contribution in [-0.2, 0) is 4.79 Å². The third-order valence-electron chi connectivity index (χ3n) is 4.81. The van der Waals surface area contributed by atoms with Gasteiger partial charge in [0.2, 0.25) is 5.91 Å². The molecule has 0 radical (unpaired) electrons. The van der Waals surface area contributed by atoms with Crippen LogP contribution < -0.4 is 10.2 Å². The topological polar surface area (TPSA) is 69.6 Å². The van der Waals surface area contributed by atoms with E-state index in [9.17, 15) is 14.7 Å². The Labute approximate surface area is 136 Å². The van der Waals surface area contributed by atoms with Crippen LogP contribution in [0.1, 0.15) is 48.9 Å². The van der Waals surface area contributed by atoms with Crippen LogP contribution in [0.3, 0.4) is 0 Å². The van der Waals surface area contributed by atoms with Crippen molar-refractivity contribution in [2.24, 2.45) is 5.92 Å². The van der Waals surface area contributed by atoms with Crippen molar-refractivity contribution in [1.82, 2.24) is 5.32 Å². The zero-order chi connectivity index (χ0) is 16.4. The molecule has 0 aromatic heterocycles. The van der Waals surface area contributed by atoms with Crippen LogP contribution in [-0.4, -0.2) is 36.1 Å². The van der Waals surface area contributed by atoms with Gasteiger partial charge < -0.3 is 15.3 Å². The van der Waals surface area contributed by atoms with Gasteiger partial charge in [-0.1, -0.05) is 25.0 Å². The zero-order valence-electron chi connectivity index (χ0n) is 13.5. The number of rotatable bonds is 4. The van der Waals surface area contributed by atoms with Crippen molar-refractivity contribution in [3.05, 3.63) is 29.8 Å². The van der Waals surface area contributed by atoms with Crippen molar-refractivity contribution in [3.8, 4) is 0 Å². The molecule has 2 aliphatic rings. The van der Waals surface area contributed by atoms with E-state index in [1.54, 1.807) is 30.1 Å². The van der Waals surface area contributed by atoms with Crippen LogP contribution in [0, 0.1) is 5.92 Å². The number of para-hydroxylation sites is 1. The molecule has 124 valence electrons. The zero-order valence-corrected chi connectivity index (χ0v) is 13.5. The summed E-state index contributed by atoms with van der Waals surface area (Å²) in [5, 5.41) is 13.0. The predicted molar refractivity (Wildman–Crippen MR) is 88.3 cm³/mol. The van der Waals surface area contributed by atoms with E-state index in [1.165, 1.54) is 0 Å². The lowest BCUT2D eigenvalue weighted by Gasteiger charge is -2.29. The summed E-state index contributed by atoms with van der Waals surface area (Å²) in [6.07, 6.45) is 4.94. The minimum Gasteiger partial charge on any atom is -0.391 e. The monoisotopic (exact) mass is 316 g/mol. The molecule has 2 amide bonds. The summed E-state index contributed by atoms with van der Waals surface area (Å²) in [5.41, 5.74) is 1.12. The molecule has 2 unspecified atom stereocenters. The third-order valence-corrected chi connectivity index (χ3v) is 4.81. The van der Waals surface area contributed by atoms with Crippen LogP contribution in [0.15, 0.2) is 24.3 Å². The first kappa shape index (κ1) is 16.0. The lowest BCUT2D eigenvalue weighted by Crippen LogP contribution is -2.45. The minimum atomic E-state index is -0.481. The number of hydrogen-bond donors (Lipinski definition) is 2. The number of nitrogens with zero attached hydrogens (tertiary/aromatic N) is 1. The summed E-state index contributed by atoms with van der Waals surface area (Å²) >= 11 is 0. The highest BCUT2D eigenvalue weighted by molar-refractivity contribution is 6.05. The van der Waals surface area contributed by atoms with E-state index < -0.39 is 6.10 Å². The van der Waals surface area contributed by atoms with E-state index in [2.05, 4.69) is 5.32 Å². The average Bonchev–Trinajstić information content (AvgIpc) is 3.40. The second-order valence-corrected chi connectivity index (χ2v) is 6.62. The number of amides is 2. The Morgan fingerprint density at radius 1 is 1.13 bits per heavy atom. The van der Waals surface area contributed by atoms with Crippen molar-refractivity contribution < 1.29 is 14.7 Å². The van der Waals surface area contributed by atoms with E-state index in [1.807, 2.05) is 6.07 Å². The smallest absolute Gasteiger partial charge is 0.253 e. The lowest BCUT2D eigenvalue weighted by molar-refractivity contribution is -0.119. The van der Waals surface area contributed by atoms with Gasteiger partial charge in [-0.05, 0) is 37.8 Å². The second kappa shape index (κ2) is 6.71. The first-order valence-corrected chi connectivity index (χ1v) is 8.43. The molecule has 1 aromatic rings. The van der Waals surface area contributed by atoms with Gasteiger partial charge in [-0.15, -0.1) is 0 Å². The third kappa shape index (κ3) is 3.55. The molecule has 0 bridgehead atoms. The summed E-state index contributed by atoms with van der Waals surface area (Å²) in [6.45, 7) is 0. The summed E-state index contributed by atoms with van der Waals surface area (Å²) in [4.78, 5) is 26.5. The predicted octanol–water partition coefficient (Wildman–Crippen LogP) is 2.09. The number of nitrogens with one attached hydrogen (secondary N) is 1. The van der Waals surface area contributed by atoms with Gasteiger partial charge in [-0.3, -0.25) is 9.59 Å². The Morgan fingerprint density at radius 2 is 1.83 bits per heavy atom. The first-order valence-electron chi connectivity index (χ1n) is 8.43. The fraction of sp³-hybridized carbons (Fsp3) is 0.556. The maximum Gasteiger partial charge on any atom is 0.253 e. The Kier molecular flexibility index (Phi) is 4.66. The molecule has 2 saturated carbocycles. The number of anilines is 1. The largest absolute Gasteiger partial charge is 0.391 e. The highest BCUT2D eigenvalue weighted by atomic mass is 16.3. The number of aliphatic hydroxyl groups excluding tert-OH is 1. The standard InChI is InChI=1S/C18H24N2O3/c1-20(18(23)12-10-11-12)15-8-4-2-6-13(15)17(22)19-14-7-3-5-9-16(14)21/h2,4,6,8,12,14,16,21H,3,5,7,9-11H2,1H3,(H,19,22). The molecule has 0 spiro atoms. The van der Waals surface area contributed by atoms with Gasteiger partial charge in [-0.25, -0.2) is 0 Å². The van der Waals surface area contributed by atoms with Gasteiger partial charge in [0, 0.05) is 13.0 Å². The van der Waals surface area contributed by atoms with Crippen LogP contribution in [0.5, 0.6) is 0 Å². The van der Waals surface area contributed by atoms with Crippen molar-refractivity contribution >= 4 is 17.5 Å². The second-order valence-electron chi connectivity index (χ2n) is 6.62. The van der Waals surface area contributed by atoms with E-state index >= 15 is 0 Å². The molecule has 5 nitrogen and oxygen atoms in total. The SMILES string of the molecule is CN(C(=O)C1CC1)c1ccccc1C(=O)NC1CCCCC1O. The fourth-order valence-electron chi connectivity index (χ4n) is 3.21. The summed E-state index contributed by atoms with van der Waals surface area (Å²) in [6, 6.07) is 6.96. The molecule has 23 heavy (non-hydrogen) atoms. The summed E-state index contributed by atoms with van der Waals surface area (Å²) < 4.78 is 0. The van der Waals surface area contributed by atoms with Crippen LogP contribution in [0.4, 0.5) is 5.69 Å². The average molecular weight is 316 g/mol. The minimum absolute atomic E-state index is 0.0722. The normalized spacial score (nSPS) is 24.1. The molecule has 2 aliphatic carbocycles. The Balaban J connectivity index is 1.76. The maximum absolute atomic E-state index is 12.6. The summed E-state index contributed by atoms with van der Waals surface area (Å²) in [5.74, 6) is -0.0405. The maximum atomic E-state index is 12.6. The highest BCUT2D eigenvalue weighted by Gasteiger charge is 2.34.